The molecule has 1 aromatic carbocycles. The Morgan fingerprint density at radius 2 is 1.75 bits per heavy atom. The van der Waals surface area contributed by atoms with Crippen molar-refractivity contribution >= 4 is 17.0 Å². The molecule has 0 aliphatic rings. The highest BCUT2D eigenvalue weighted by Gasteiger charge is 2.26. The molecule has 0 bridgehead atoms. The molecule has 1 N–H and O–H groups in total. The van der Waals surface area contributed by atoms with Gasteiger partial charge >= 0.3 is 5.97 Å². The molecule has 32 heavy (non-hydrogen) atoms. The summed E-state index contributed by atoms with van der Waals surface area (Å²) in [7, 11) is 0. The summed E-state index contributed by atoms with van der Waals surface area (Å²) in [6, 6.07) is 7.33. The zero-order valence-electron chi connectivity index (χ0n) is 18.1. The van der Waals surface area contributed by atoms with Gasteiger partial charge in [0.2, 0.25) is 0 Å². The molecule has 0 aliphatic carbocycles. The first-order valence-corrected chi connectivity index (χ1v) is 10.3. The molecular weight excluding hydrogens is 419 g/mol. The lowest BCUT2D eigenvalue weighted by Crippen LogP contribution is -2.34. The molecule has 0 radical (unpaired) electrons. The van der Waals surface area contributed by atoms with Gasteiger partial charge in [0.05, 0.1) is 18.5 Å². The Labute approximate surface area is 184 Å². The smallest absolute Gasteiger partial charge is 0.347 e. The molecule has 0 saturated carbocycles. The lowest BCUT2D eigenvalue weighted by molar-refractivity contribution is -0.143. The number of hydrogen-bond donors (Lipinski definition) is 1. The van der Waals surface area contributed by atoms with Crippen LogP contribution in [0.25, 0.3) is 22.2 Å². The molecule has 0 atom stereocenters. The molecule has 9 heteroatoms. The predicted molar refractivity (Wildman–Crippen MR) is 116 cm³/mol. The zero-order chi connectivity index (χ0) is 23.3. The van der Waals surface area contributed by atoms with Gasteiger partial charge in [-0.3, -0.25) is 9.36 Å². The van der Waals surface area contributed by atoms with Crippen molar-refractivity contribution in [2.75, 3.05) is 19.8 Å². The van der Waals surface area contributed by atoms with Crippen LogP contribution in [0.5, 0.6) is 5.75 Å². The van der Waals surface area contributed by atoms with Crippen LogP contribution in [-0.4, -0.2) is 46.7 Å². The molecule has 0 unspecified atom stereocenters. The van der Waals surface area contributed by atoms with Crippen molar-refractivity contribution in [1.29, 1.82) is 0 Å². The predicted octanol–water partition coefficient (Wildman–Crippen LogP) is 3.48. The van der Waals surface area contributed by atoms with E-state index in [1.165, 1.54) is 22.9 Å². The number of esters is 1. The number of carbonyl (C=O) groups excluding carboxylic acids is 1. The fourth-order valence-corrected chi connectivity index (χ4v) is 3.35. The number of ether oxygens (including phenoxy) is 3. The number of halogens is 1. The Bertz CT molecular complexity index is 1150. The second-order valence-electron chi connectivity index (χ2n) is 6.80. The first-order chi connectivity index (χ1) is 15.4. The summed E-state index contributed by atoms with van der Waals surface area (Å²) < 4.78 is 30.6. The molecule has 170 valence electrons. The lowest BCUT2D eigenvalue weighted by atomic mass is 10.0. The summed E-state index contributed by atoms with van der Waals surface area (Å²) in [5.74, 6) is -1.86. The van der Waals surface area contributed by atoms with E-state index in [0.717, 1.165) is 0 Å². The van der Waals surface area contributed by atoms with Crippen molar-refractivity contribution in [3.05, 3.63) is 58.3 Å². The van der Waals surface area contributed by atoms with Crippen LogP contribution in [-0.2, 0) is 20.8 Å². The molecule has 2 aromatic heterocycles. The molecule has 0 saturated heterocycles. The van der Waals surface area contributed by atoms with Crippen LogP contribution in [0.4, 0.5) is 4.39 Å². The van der Waals surface area contributed by atoms with Gasteiger partial charge in [0.1, 0.15) is 17.2 Å². The van der Waals surface area contributed by atoms with Crippen LogP contribution in [0.2, 0.25) is 0 Å². The largest absolute Gasteiger partial charge is 0.506 e. The molecular formula is C23H25FN2O6. The van der Waals surface area contributed by atoms with Gasteiger partial charge in [-0.1, -0.05) is 12.1 Å². The quantitative estimate of drug-likeness (QED) is 0.398. The van der Waals surface area contributed by atoms with Crippen molar-refractivity contribution < 1.29 is 28.5 Å². The summed E-state index contributed by atoms with van der Waals surface area (Å²) in [4.78, 5) is 30.0. The van der Waals surface area contributed by atoms with Gasteiger partial charge in [-0.15, -0.1) is 0 Å². The number of rotatable bonds is 9. The van der Waals surface area contributed by atoms with Crippen LogP contribution >= 0.6 is 0 Å². The Morgan fingerprint density at radius 1 is 1.09 bits per heavy atom. The van der Waals surface area contributed by atoms with Crippen molar-refractivity contribution in [3.63, 3.8) is 0 Å². The van der Waals surface area contributed by atoms with Gasteiger partial charge in [-0.05, 0) is 44.5 Å². The van der Waals surface area contributed by atoms with E-state index in [9.17, 15) is 19.1 Å². The molecule has 3 rings (SSSR count). The fourth-order valence-electron chi connectivity index (χ4n) is 3.35. The Hall–Kier alpha value is -3.30. The minimum Gasteiger partial charge on any atom is -0.506 e. The van der Waals surface area contributed by atoms with E-state index in [1.807, 2.05) is 0 Å². The highest BCUT2D eigenvalue weighted by molar-refractivity contribution is 5.99. The third kappa shape index (κ3) is 4.79. The van der Waals surface area contributed by atoms with Crippen molar-refractivity contribution in [2.24, 2.45) is 0 Å². The fraction of sp³-hybridized carbons (Fsp3) is 0.348. The summed E-state index contributed by atoms with van der Waals surface area (Å²) in [5, 5.41) is 11.0. The maximum absolute atomic E-state index is 13.3. The van der Waals surface area contributed by atoms with Crippen LogP contribution in [0.3, 0.4) is 0 Å². The molecule has 0 aliphatic heterocycles. The highest BCUT2D eigenvalue weighted by atomic mass is 19.1. The third-order valence-electron chi connectivity index (χ3n) is 4.77. The molecule has 0 spiro atoms. The molecule has 0 amide bonds. The maximum Gasteiger partial charge on any atom is 0.347 e. The van der Waals surface area contributed by atoms with E-state index in [0.29, 0.717) is 24.3 Å². The summed E-state index contributed by atoms with van der Waals surface area (Å²) in [5.41, 5.74) is 0.107. The Balaban J connectivity index is 2.24. The average Bonchev–Trinajstić information content (AvgIpc) is 2.77. The van der Waals surface area contributed by atoms with Crippen molar-refractivity contribution in [3.8, 4) is 16.9 Å². The van der Waals surface area contributed by atoms with Crippen molar-refractivity contribution in [2.45, 2.75) is 33.6 Å². The van der Waals surface area contributed by atoms with Crippen LogP contribution in [0.15, 0.2) is 41.3 Å². The standard InChI is InChI=1S/C23H25FN2O6/c1-4-30-18(31-5-2)13-26-21-17(20(27)19(22(26)28)23(29)32-6-3)11-15(12-25-21)14-7-9-16(24)10-8-14/h7-12,18,27H,4-6,13H2,1-3H3. The van der Waals surface area contributed by atoms with Gasteiger partial charge in [-0.25, -0.2) is 14.2 Å². The molecule has 0 fully saturated rings. The maximum atomic E-state index is 13.3. The highest BCUT2D eigenvalue weighted by Crippen LogP contribution is 2.30. The normalized spacial score (nSPS) is 11.3. The van der Waals surface area contributed by atoms with Gasteiger partial charge in [0.15, 0.2) is 11.9 Å². The van der Waals surface area contributed by atoms with Gasteiger partial charge in [0.25, 0.3) is 5.56 Å². The van der Waals surface area contributed by atoms with E-state index >= 15 is 0 Å². The Kier molecular flexibility index (Phi) is 7.55. The summed E-state index contributed by atoms with van der Waals surface area (Å²) in [6.07, 6.45) is 0.745. The van der Waals surface area contributed by atoms with Crippen LogP contribution < -0.4 is 5.56 Å². The SMILES string of the molecule is CCOC(=O)c1c(O)c2cc(-c3ccc(F)cc3)cnc2n(CC(OCC)OCC)c1=O. The van der Waals surface area contributed by atoms with E-state index in [4.69, 9.17) is 14.2 Å². The van der Waals surface area contributed by atoms with E-state index in [1.54, 1.807) is 39.0 Å². The number of aromatic hydroxyl groups is 1. The van der Waals surface area contributed by atoms with E-state index in [2.05, 4.69) is 4.98 Å². The number of nitrogens with zero attached hydrogens (tertiary/aromatic N) is 2. The minimum atomic E-state index is -0.942. The van der Waals surface area contributed by atoms with Gasteiger partial charge in [0, 0.05) is 25.0 Å². The average molecular weight is 444 g/mol. The first kappa shape index (κ1) is 23.4. The number of hydrogen-bond acceptors (Lipinski definition) is 7. The first-order valence-electron chi connectivity index (χ1n) is 10.3. The number of fused-ring (bicyclic) bond motifs is 1. The Morgan fingerprint density at radius 3 is 2.34 bits per heavy atom. The topological polar surface area (TPSA) is 99.9 Å². The summed E-state index contributed by atoms with van der Waals surface area (Å²) >= 11 is 0. The van der Waals surface area contributed by atoms with Crippen LogP contribution in [0.1, 0.15) is 31.1 Å². The monoisotopic (exact) mass is 444 g/mol. The third-order valence-corrected chi connectivity index (χ3v) is 4.77. The van der Waals surface area contributed by atoms with E-state index < -0.39 is 29.1 Å². The summed E-state index contributed by atoms with van der Waals surface area (Å²) in [6.45, 7) is 5.87. The molecule has 2 heterocycles. The molecule has 3 aromatic rings. The lowest BCUT2D eigenvalue weighted by Gasteiger charge is -2.20. The number of pyridine rings is 2. The minimum absolute atomic E-state index is 0.0319. The number of aromatic nitrogens is 2. The van der Waals surface area contributed by atoms with E-state index in [-0.39, 0.29) is 30.0 Å². The van der Waals surface area contributed by atoms with Gasteiger partial charge in [-0.2, -0.15) is 0 Å². The van der Waals surface area contributed by atoms with Crippen molar-refractivity contribution in [1.82, 2.24) is 9.55 Å². The number of benzene rings is 1. The van der Waals surface area contributed by atoms with Gasteiger partial charge < -0.3 is 19.3 Å². The second kappa shape index (κ2) is 10.3. The second-order valence-corrected chi connectivity index (χ2v) is 6.80. The zero-order valence-corrected chi connectivity index (χ0v) is 18.1. The number of carbonyl (C=O) groups is 1. The van der Waals surface area contributed by atoms with Crippen LogP contribution in [0, 0.1) is 5.82 Å². The molecule has 8 nitrogen and oxygen atoms in total.